The molecule has 188 valence electrons. The standard InChI is InChI=1S/C22H25ClFN5O5S/c1-35(33,34)26-12-22(6-7-22)13-2-4-15(5-3-13)29-11-16(30)9-18(20(29)31)27-21(32)28-19-17(24)8-14(23)10-25-19/h2-5,8,10,16,18,26,30H,6-7,9,11-12H2,1H3,(H2,25,27,28,32)/t16-,18+/m0/s1. The lowest BCUT2D eigenvalue weighted by Gasteiger charge is -2.35. The molecule has 13 heteroatoms. The van der Waals surface area contributed by atoms with Crippen LogP contribution < -0.4 is 20.3 Å². The lowest BCUT2D eigenvalue weighted by atomic mass is 9.95. The SMILES string of the molecule is CS(=O)(=O)NCC1(c2ccc(N3C[C@@H](O)C[C@@H](NC(=O)Nc4ncc(Cl)cc4F)C3=O)cc2)CC1. The molecule has 2 aromatic rings. The number of urea groups is 1. The molecule has 3 amide bonds. The van der Waals surface area contributed by atoms with Crippen molar-refractivity contribution in [3.05, 3.63) is 52.9 Å². The summed E-state index contributed by atoms with van der Waals surface area (Å²) in [6.07, 6.45) is 3.09. The number of halogens is 2. The number of hydrogen-bond donors (Lipinski definition) is 4. The molecule has 0 radical (unpaired) electrons. The third-order valence-corrected chi connectivity index (χ3v) is 7.00. The fourth-order valence-electron chi connectivity index (χ4n) is 4.08. The van der Waals surface area contributed by atoms with E-state index >= 15 is 0 Å². The molecule has 2 heterocycles. The van der Waals surface area contributed by atoms with E-state index in [0.717, 1.165) is 30.7 Å². The number of nitrogens with zero attached hydrogens (tertiary/aromatic N) is 2. The highest BCUT2D eigenvalue weighted by Crippen LogP contribution is 2.48. The Kier molecular flexibility index (Phi) is 7.00. The number of pyridine rings is 1. The minimum Gasteiger partial charge on any atom is -0.391 e. The van der Waals surface area contributed by atoms with Crippen molar-refractivity contribution in [2.24, 2.45) is 0 Å². The van der Waals surface area contributed by atoms with E-state index in [2.05, 4.69) is 20.3 Å². The maximum Gasteiger partial charge on any atom is 0.321 e. The van der Waals surface area contributed by atoms with Crippen LogP contribution in [0.25, 0.3) is 0 Å². The number of benzene rings is 1. The largest absolute Gasteiger partial charge is 0.391 e. The molecule has 0 spiro atoms. The van der Waals surface area contributed by atoms with Gasteiger partial charge in [-0.3, -0.25) is 10.1 Å². The summed E-state index contributed by atoms with van der Waals surface area (Å²) < 4.78 is 39.4. The number of rotatable bonds is 7. The van der Waals surface area contributed by atoms with Gasteiger partial charge in [0.15, 0.2) is 11.6 Å². The number of hydrogen-bond acceptors (Lipinski definition) is 6. The molecule has 1 aromatic heterocycles. The van der Waals surface area contributed by atoms with Crippen molar-refractivity contribution in [2.45, 2.75) is 36.8 Å². The third-order valence-electron chi connectivity index (χ3n) is 6.13. The van der Waals surface area contributed by atoms with Crippen LogP contribution in [0.5, 0.6) is 0 Å². The zero-order valence-corrected chi connectivity index (χ0v) is 20.4. The van der Waals surface area contributed by atoms with Gasteiger partial charge >= 0.3 is 6.03 Å². The fourth-order valence-corrected chi connectivity index (χ4v) is 4.76. The number of β-amino-alcohol motifs (C(OH)–C–C–N with tert-alkyl or cyclic N) is 1. The lowest BCUT2D eigenvalue weighted by molar-refractivity contribution is -0.123. The van der Waals surface area contributed by atoms with Gasteiger partial charge in [-0.1, -0.05) is 23.7 Å². The van der Waals surface area contributed by atoms with Crippen LogP contribution >= 0.6 is 11.6 Å². The Morgan fingerprint density at radius 2 is 2.00 bits per heavy atom. The maximum absolute atomic E-state index is 13.9. The number of sulfonamides is 1. The smallest absolute Gasteiger partial charge is 0.321 e. The van der Waals surface area contributed by atoms with Gasteiger partial charge in [0.2, 0.25) is 15.9 Å². The summed E-state index contributed by atoms with van der Waals surface area (Å²) in [6, 6.07) is 6.24. The minimum atomic E-state index is -3.31. The molecule has 0 unspecified atom stereocenters. The summed E-state index contributed by atoms with van der Waals surface area (Å²) in [6.45, 7) is 0.350. The summed E-state index contributed by atoms with van der Waals surface area (Å²) in [5, 5.41) is 15.1. The Morgan fingerprint density at radius 1 is 1.31 bits per heavy atom. The van der Waals surface area contributed by atoms with Crippen molar-refractivity contribution in [3.63, 3.8) is 0 Å². The molecule has 2 aliphatic rings. The van der Waals surface area contributed by atoms with Gasteiger partial charge in [-0.05, 0) is 36.6 Å². The van der Waals surface area contributed by atoms with E-state index < -0.39 is 39.9 Å². The molecule has 2 atom stereocenters. The molecule has 1 saturated heterocycles. The minimum absolute atomic E-state index is 0.00234. The number of aliphatic hydroxyl groups excluding tert-OH is 1. The zero-order valence-electron chi connectivity index (χ0n) is 18.8. The molecule has 35 heavy (non-hydrogen) atoms. The number of piperidine rings is 1. The molecular formula is C22H25ClFN5O5S. The second kappa shape index (κ2) is 9.69. The van der Waals surface area contributed by atoms with Gasteiger partial charge < -0.3 is 15.3 Å². The lowest BCUT2D eigenvalue weighted by Crippen LogP contribution is -2.57. The second-order valence-electron chi connectivity index (χ2n) is 8.89. The van der Waals surface area contributed by atoms with Gasteiger partial charge in [-0.2, -0.15) is 0 Å². The van der Waals surface area contributed by atoms with E-state index in [1.807, 2.05) is 12.1 Å². The van der Waals surface area contributed by atoms with Crippen LogP contribution in [0.1, 0.15) is 24.8 Å². The topological polar surface area (TPSA) is 141 Å². The normalized spacial score (nSPS) is 21.5. The van der Waals surface area contributed by atoms with Gasteiger partial charge in [-0.25, -0.2) is 27.3 Å². The summed E-state index contributed by atoms with van der Waals surface area (Å²) in [7, 11) is -3.31. The Bertz CT molecular complexity index is 1240. The predicted octanol–water partition coefficient (Wildman–Crippen LogP) is 1.74. The van der Waals surface area contributed by atoms with E-state index in [1.54, 1.807) is 12.1 Å². The highest BCUT2D eigenvalue weighted by Gasteiger charge is 2.44. The van der Waals surface area contributed by atoms with Crippen LogP contribution in [0.2, 0.25) is 5.02 Å². The number of amides is 3. The first-order valence-electron chi connectivity index (χ1n) is 10.9. The Morgan fingerprint density at radius 3 is 2.60 bits per heavy atom. The molecule has 2 fully saturated rings. The quantitative estimate of drug-likeness (QED) is 0.434. The Labute approximate surface area is 206 Å². The number of aromatic nitrogens is 1. The number of carbonyl (C=O) groups is 2. The monoisotopic (exact) mass is 525 g/mol. The number of carbonyl (C=O) groups excluding carboxylic acids is 2. The van der Waals surface area contributed by atoms with Gasteiger partial charge in [0, 0.05) is 30.3 Å². The average Bonchev–Trinajstić information content (AvgIpc) is 3.58. The Hall–Kier alpha value is -2.80. The zero-order chi connectivity index (χ0) is 25.4. The van der Waals surface area contributed by atoms with Crippen LogP contribution in [0.4, 0.5) is 20.7 Å². The van der Waals surface area contributed by atoms with Gasteiger partial charge in [-0.15, -0.1) is 0 Å². The first kappa shape index (κ1) is 25.3. The van der Waals surface area contributed by atoms with E-state index in [4.69, 9.17) is 11.6 Å². The number of aliphatic hydroxyl groups is 1. The molecule has 1 aliphatic carbocycles. The van der Waals surface area contributed by atoms with Crippen LogP contribution in [0.15, 0.2) is 36.5 Å². The molecule has 1 aromatic carbocycles. The molecule has 10 nitrogen and oxygen atoms in total. The van der Waals surface area contributed by atoms with Crippen molar-refractivity contribution >= 4 is 45.1 Å². The maximum atomic E-state index is 13.9. The van der Waals surface area contributed by atoms with Crippen molar-refractivity contribution < 1.29 is 27.5 Å². The van der Waals surface area contributed by atoms with Crippen LogP contribution in [-0.2, 0) is 20.2 Å². The Balaban J connectivity index is 1.43. The first-order chi connectivity index (χ1) is 16.5. The van der Waals surface area contributed by atoms with Crippen molar-refractivity contribution in [3.8, 4) is 0 Å². The molecule has 1 aliphatic heterocycles. The summed E-state index contributed by atoms with van der Waals surface area (Å²) in [4.78, 5) is 30.5. The molecule has 1 saturated carbocycles. The van der Waals surface area contributed by atoms with Crippen molar-refractivity contribution in [1.82, 2.24) is 15.0 Å². The van der Waals surface area contributed by atoms with Crippen LogP contribution in [0, 0.1) is 5.82 Å². The molecular weight excluding hydrogens is 501 g/mol. The highest BCUT2D eigenvalue weighted by atomic mass is 35.5. The number of anilines is 2. The molecule has 4 N–H and O–H groups in total. The van der Waals surface area contributed by atoms with E-state index in [1.165, 1.54) is 11.1 Å². The molecule has 0 bridgehead atoms. The summed E-state index contributed by atoms with van der Waals surface area (Å²) in [5.74, 6) is -1.60. The molecule has 4 rings (SSSR count). The van der Waals surface area contributed by atoms with Gasteiger partial charge in [0.1, 0.15) is 6.04 Å². The van der Waals surface area contributed by atoms with Crippen molar-refractivity contribution in [2.75, 3.05) is 29.6 Å². The first-order valence-corrected chi connectivity index (χ1v) is 13.2. The second-order valence-corrected chi connectivity index (χ2v) is 11.2. The highest BCUT2D eigenvalue weighted by molar-refractivity contribution is 7.88. The van der Waals surface area contributed by atoms with Crippen LogP contribution in [-0.4, -0.2) is 61.9 Å². The predicted molar refractivity (Wildman–Crippen MR) is 128 cm³/mol. The van der Waals surface area contributed by atoms with E-state index in [9.17, 15) is 27.5 Å². The summed E-state index contributed by atoms with van der Waals surface area (Å²) in [5.41, 5.74) is 1.22. The summed E-state index contributed by atoms with van der Waals surface area (Å²) >= 11 is 5.65. The third kappa shape index (κ3) is 6.07. The van der Waals surface area contributed by atoms with Gasteiger partial charge in [0.25, 0.3) is 0 Å². The fraction of sp³-hybridized carbons (Fsp3) is 0.409. The van der Waals surface area contributed by atoms with Crippen molar-refractivity contribution in [1.29, 1.82) is 0 Å². The van der Waals surface area contributed by atoms with Crippen LogP contribution in [0.3, 0.4) is 0 Å². The van der Waals surface area contributed by atoms with E-state index in [0.29, 0.717) is 12.2 Å². The van der Waals surface area contributed by atoms with E-state index in [-0.39, 0.29) is 29.2 Å². The average molecular weight is 526 g/mol. The number of nitrogens with one attached hydrogen (secondary N) is 3. The van der Waals surface area contributed by atoms with Gasteiger partial charge in [0.05, 0.1) is 23.9 Å².